The molecule has 2 heterocycles. The van der Waals surface area contributed by atoms with Crippen LogP contribution in [0.3, 0.4) is 0 Å². The quantitative estimate of drug-likeness (QED) is 0.318. The molecule has 7 nitrogen and oxygen atoms in total. The van der Waals surface area contributed by atoms with E-state index >= 15 is 0 Å². The van der Waals surface area contributed by atoms with Gasteiger partial charge in [-0.15, -0.1) is 0 Å². The molecule has 0 spiro atoms. The largest absolute Gasteiger partial charge is 0.492 e. The van der Waals surface area contributed by atoms with Crippen LogP contribution in [0.4, 0.5) is 5.69 Å². The standard InChI is InChI=1S/C28H29N3O4S2/c1-3-18-30-26-24(35-4-2)12-7-13-25(26)36-28(30)29-27(32)21-14-16-22(17-15-21)37(33,34)31-19-8-10-20-9-5-6-11-23(20)31/h5-7,9,11-17H,3-4,8,10,18-19H2,1-2H3. The van der Waals surface area contributed by atoms with Crippen molar-refractivity contribution in [1.82, 2.24) is 4.57 Å². The van der Waals surface area contributed by atoms with Gasteiger partial charge in [-0.05, 0) is 74.2 Å². The molecule has 4 aromatic rings. The van der Waals surface area contributed by atoms with E-state index in [-0.39, 0.29) is 4.90 Å². The molecule has 1 aliphatic heterocycles. The van der Waals surface area contributed by atoms with Crippen LogP contribution in [0.2, 0.25) is 0 Å². The topological polar surface area (TPSA) is 81.0 Å². The molecule has 0 bridgehead atoms. The number of amides is 1. The van der Waals surface area contributed by atoms with E-state index in [2.05, 4.69) is 11.9 Å². The van der Waals surface area contributed by atoms with Gasteiger partial charge in [0, 0.05) is 18.7 Å². The second-order valence-corrected chi connectivity index (χ2v) is 11.7. The number of aryl methyl sites for hydroxylation is 2. The highest BCUT2D eigenvalue weighted by Gasteiger charge is 2.29. The van der Waals surface area contributed by atoms with Crippen LogP contribution >= 0.6 is 11.3 Å². The molecule has 0 unspecified atom stereocenters. The van der Waals surface area contributed by atoms with Gasteiger partial charge < -0.3 is 9.30 Å². The lowest BCUT2D eigenvalue weighted by Gasteiger charge is -2.30. The number of hydrogen-bond donors (Lipinski definition) is 0. The van der Waals surface area contributed by atoms with Crippen LogP contribution in [0.25, 0.3) is 10.2 Å². The first-order chi connectivity index (χ1) is 17.9. The zero-order valence-corrected chi connectivity index (χ0v) is 22.5. The third-order valence-electron chi connectivity index (χ3n) is 6.37. The maximum Gasteiger partial charge on any atom is 0.279 e. The number of hydrogen-bond acceptors (Lipinski definition) is 5. The van der Waals surface area contributed by atoms with E-state index in [1.54, 1.807) is 0 Å². The van der Waals surface area contributed by atoms with Crippen molar-refractivity contribution in [3.8, 4) is 5.75 Å². The third kappa shape index (κ3) is 4.81. The number of rotatable bonds is 7. The number of carbonyl (C=O) groups is 1. The zero-order chi connectivity index (χ0) is 26.0. The van der Waals surface area contributed by atoms with Crippen molar-refractivity contribution in [1.29, 1.82) is 0 Å². The number of para-hydroxylation sites is 2. The van der Waals surface area contributed by atoms with Gasteiger partial charge in [0.05, 0.1) is 21.9 Å². The Labute approximate surface area is 220 Å². The average molecular weight is 536 g/mol. The van der Waals surface area contributed by atoms with Crippen molar-refractivity contribution in [2.45, 2.75) is 44.6 Å². The Kier molecular flexibility index (Phi) is 7.17. The minimum Gasteiger partial charge on any atom is -0.492 e. The highest BCUT2D eigenvalue weighted by atomic mass is 32.2. The summed E-state index contributed by atoms with van der Waals surface area (Å²) in [5, 5.41) is 0. The first kappa shape index (κ1) is 25.2. The summed E-state index contributed by atoms with van der Waals surface area (Å²) in [5.41, 5.74) is 3.02. The number of benzene rings is 3. The van der Waals surface area contributed by atoms with E-state index in [9.17, 15) is 13.2 Å². The van der Waals surface area contributed by atoms with Crippen molar-refractivity contribution in [2.75, 3.05) is 17.5 Å². The summed E-state index contributed by atoms with van der Waals surface area (Å²) in [5.74, 6) is 0.356. The lowest BCUT2D eigenvalue weighted by Crippen LogP contribution is -2.35. The number of carbonyl (C=O) groups excluding carboxylic acids is 1. The Morgan fingerprint density at radius 2 is 1.81 bits per heavy atom. The molecule has 0 aliphatic carbocycles. The number of nitrogens with zero attached hydrogens (tertiary/aromatic N) is 3. The summed E-state index contributed by atoms with van der Waals surface area (Å²) in [7, 11) is -3.74. The van der Waals surface area contributed by atoms with Gasteiger partial charge in [-0.3, -0.25) is 9.10 Å². The summed E-state index contributed by atoms with van der Waals surface area (Å²) in [6.45, 7) is 5.70. The fraction of sp³-hybridized carbons (Fsp3) is 0.286. The van der Waals surface area contributed by atoms with Crippen LogP contribution in [-0.2, 0) is 23.0 Å². The van der Waals surface area contributed by atoms with E-state index in [4.69, 9.17) is 4.74 Å². The normalized spacial score (nSPS) is 14.1. The fourth-order valence-corrected chi connectivity index (χ4v) is 7.30. The number of thiazole rings is 1. The molecular weight excluding hydrogens is 506 g/mol. The highest BCUT2D eigenvalue weighted by molar-refractivity contribution is 7.92. The summed E-state index contributed by atoms with van der Waals surface area (Å²) < 4.78 is 37.2. The smallest absolute Gasteiger partial charge is 0.279 e. The minimum atomic E-state index is -3.74. The SMILES string of the molecule is CCCn1c(=NC(=O)c2ccc(S(=O)(=O)N3CCCc4ccccc43)cc2)sc2cccc(OCC)c21. The van der Waals surface area contributed by atoms with Gasteiger partial charge in [0.2, 0.25) is 0 Å². The van der Waals surface area contributed by atoms with Gasteiger partial charge in [0.1, 0.15) is 11.3 Å². The van der Waals surface area contributed by atoms with Crippen molar-refractivity contribution < 1.29 is 17.9 Å². The number of fused-ring (bicyclic) bond motifs is 2. The lowest BCUT2D eigenvalue weighted by molar-refractivity contribution is 0.0997. The Hall–Kier alpha value is -3.43. The van der Waals surface area contributed by atoms with E-state index in [1.165, 1.54) is 39.9 Å². The minimum absolute atomic E-state index is 0.157. The molecule has 5 rings (SSSR count). The summed E-state index contributed by atoms with van der Waals surface area (Å²) in [6.07, 6.45) is 2.50. The molecule has 9 heteroatoms. The van der Waals surface area contributed by atoms with Crippen molar-refractivity contribution in [2.24, 2.45) is 4.99 Å². The first-order valence-corrected chi connectivity index (χ1v) is 14.7. The van der Waals surface area contributed by atoms with Crippen LogP contribution < -0.4 is 13.8 Å². The number of ether oxygens (including phenoxy) is 1. The maximum absolute atomic E-state index is 13.4. The Balaban J connectivity index is 1.47. The molecular formula is C28H29N3O4S2. The Bertz CT molecular complexity index is 1620. The van der Waals surface area contributed by atoms with Gasteiger partial charge in [-0.25, -0.2) is 8.42 Å². The Morgan fingerprint density at radius 1 is 1.03 bits per heavy atom. The summed E-state index contributed by atoms with van der Waals surface area (Å²) in [6, 6.07) is 19.5. The van der Waals surface area contributed by atoms with Crippen LogP contribution in [0.5, 0.6) is 5.75 Å². The predicted molar refractivity (Wildman–Crippen MR) is 147 cm³/mol. The van der Waals surface area contributed by atoms with E-state index < -0.39 is 15.9 Å². The fourth-order valence-electron chi connectivity index (χ4n) is 4.68. The van der Waals surface area contributed by atoms with E-state index in [0.29, 0.717) is 30.1 Å². The number of sulfonamides is 1. The predicted octanol–water partition coefficient (Wildman–Crippen LogP) is 5.39. The molecule has 0 saturated carbocycles. The van der Waals surface area contributed by atoms with Crippen molar-refractivity contribution in [3.63, 3.8) is 0 Å². The molecule has 1 amide bonds. The molecule has 1 aliphatic rings. The van der Waals surface area contributed by atoms with Crippen LogP contribution in [0.1, 0.15) is 42.6 Å². The van der Waals surface area contributed by atoms with E-state index in [0.717, 1.165) is 46.5 Å². The molecule has 0 saturated heterocycles. The number of aromatic nitrogens is 1. The molecule has 192 valence electrons. The van der Waals surface area contributed by atoms with Gasteiger partial charge in [0.15, 0.2) is 4.80 Å². The first-order valence-electron chi connectivity index (χ1n) is 12.5. The van der Waals surface area contributed by atoms with E-state index in [1.807, 2.05) is 54.0 Å². The van der Waals surface area contributed by atoms with Crippen molar-refractivity contribution >= 4 is 43.2 Å². The van der Waals surface area contributed by atoms with Gasteiger partial charge in [-0.2, -0.15) is 4.99 Å². The molecule has 3 aromatic carbocycles. The highest BCUT2D eigenvalue weighted by Crippen LogP contribution is 2.32. The van der Waals surface area contributed by atoms with Crippen LogP contribution in [0, 0.1) is 0 Å². The van der Waals surface area contributed by atoms with Crippen molar-refractivity contribution in [3.05, 3.63) is 82.7 Å². The van der Waals surface area contributed by atoms with Crippen LogP contribution in [0.15, 0.2) is 76.6 Å². The lowest BCUT2D eigenvalue weighted by atomic mass is 10.0. The molecule has 1 aromatic heterocycles. The molecule has 0 atom stereocenters. The molecule has 0 N–H and O–H groups in total. The van der Waals surface area contributed by atoms with Gasteiger partial charge >= 0.3 is 0 Å². The third-order valence-corrected chi connectivity index (χ3v) is 9.24. The summed E-state index contributed by atoms with van der Waals surface area (Å²) in [4.78, 5) is 18.3. The molecule has 37 heavy (non-hydrogen) atoms. The van der Waals surface area contributed by atoms with Gasteiger partial charge in [-0.1, -0.05) is 42.5 Å². The maximum atomic E-state index is 13.4. The van der Waals surface area contributed by atoms with Crippen LogP contribution in [-0.4, -0.2) is 32.0 Å². The zero-order valence-electron chi connectivity index (χ0n) is 20.9. The molecule has 0 radical (unpaired) electrons. The monoisotopic (exact) mass is 535 g/mol. The summed E-state index contributed by atoms with van der Waals surface area (Å²) >= 11 is 1.44. The Morgan fingerprint density at radius 3 is 2.57 bits per heavy atom. The second-order valence-electron chi connectivity index (χ2n) is 8.82. The average Bonchev–Trinajstić information content (AvgIpc) is 3.26. The molecule has 0 fully saturated rings. The van der Waals surface area contributed by atoms with Gasteiger partial charge in [0.25, 0.3) is 15.9 Å². The number of anilines is 1. The second kappa shape index (κ2) is 10.5.